The molecule has 1 atom stereocenters. The van der Waals surface area contributed by atoms with Gasteiger partial charge in [0.05, 0.1) is 10.0 Å². The number of anilines is 1. The molecular formula is C16H14Cl2N2O3S. The molecule has 0 aliphatic rings. The maximum Gasteiger partial charge on any atom is 0.331 e. The Bertz CT molecular complexity index is 789. The van der Waals surface area contributed by atoms with E-state index in [9.17, 15) is 9.59 Å². The molecule has 2 rings (SSSR count). The number of esters is 1. The number of rotatable bonds is 5. The van der Waals surface area contributed by atoms with Crippen molar-refractivity contribution in [2.24, 2.45) is 0 Å². The zero-order chi connectivity index (χ0) is 17.7. The van der Waals surface area contributed by atoms with Crippen LogP contribution in [0.3, 0.4) is 0 Å². The van der Waals surface area contributed by atoms with E-state index in [1.807, 2.05) is 18.4 Å². The summed E-state index contributed by atoms with van der Waals surface area (Å²) in [6.45, 7) is 3.40. The molecule has 126 valence electrons. The summed E-state index contributed by atoms with van der Waals surface area (Å²) >= 11 is 13.2. The lowest BCUT2D eigenvalue weighted by atomic mass is 10.3. The summed E-state index contributed by atoms with van der Waals surface area (Å²) in [4.78, 5) is 28.7. The molecule has 0 bridgehead atoms. The van der Waals surface area contributed by atoms with Crippen LogP contribution in [-0.2, 0) is 14.3 Å². The van der Waals surface area contributed by atoms with Crippen LogP contribution in [0.15, 0.2) is 29.8 Å². The predicted molar refractivity (Wildman–Crippen MR) is 96.5 cm³/mol. The Morgan fingerprint density at radius 1 is 1.42 bits per heavy atom. The van der Waals surface area contributed by atoms with Gasteiger partial charge in [0.25, 0.3) is 5.91 Å². The Kier molecular flexibility index (Phi) is 6.36. The van der Waals surface area contributed by atoms with Crippen LogP contribution in [-0.4, -0.2) is 23.0 Å². The number of nitrogens with one attached hydrogen (secondary N) is 1. The van der Waals surface area contributed by atoms with Crippen molar-refractivity contribution >= 4 is 58.3 Å². The van der Waals surface area contributed by atoms with Gasteiger partial charge >= 0.3 is 5.97 Å². The van der Waals surface area contributed by atoms with Gasteiger partial charge in [-0.2, -0.15) is 0 Å². The Balaban J connectivity index is 1.92. The van der Waals surface area contributed by atoms with E-state index in [2.05, 4.69) is 10.3 Å². The van der Waals surface area contributed by atoms with E-state index in [1.165, 1.54) is 36.6 Å². The van der Waals surface area contributed by atoms with E-state index in [0.29, 0.717) is 5.02 Å². The molecule has 0 fully saturated rings. The molecule has 2 aromatic rings. The molecule has 1 N–H and O–H groups in total. The van der Waals surface area contributed by atoms with Crippen LogP contribution in [0.4, 0.5) is 5.82 Å². The van der Waals surface area contributed by atoms with Crippen molar-refractivity contribution in [2.45, 2.75) is 20.0 Å². The van der Waals surface area contributed by atoms with Gasteiger partial charge in [-0.1, -0.05) is 23.2 Å². The summed E-state index contributed by atoms with van der Waals surface area (Å²) in [6, 6.07) is 3.41. The molecule has 8 heteroatoms. The average molecular weight is 385 g/mol. The van der Waals surface area contributed by atoms with Crippen LogP contribution in [0, 0.1) is 6.92 Å². The van der Waals surface area contributed by atoms with Gasteiger partial charge in [-0.15, -0.1) is 11.3 Å². The van der Waals surface area contributed by atoms with Crippen molar-refractivity contribution in [3.63, 3.8) is 0 Å². The summed E-state index contributed by atoms with van der Waals surface area (Å²) in [5, 5.41) is 4.96. The maximum absolute atomic E-state index is 12.0. The third-order valence-corrected chi connectivity index (χ3v) is 4.46. The highest BCUT2D eigenvalue weighted by Gasteiger charge is 2.18. The molecule has 2 aromatic heterocycles. The van der Waals surface area contributed by atoms with Gasteiger partial charge < -0.3 is 10.1 Å². The molecule has 0 aliphatic carbocycles. The number of hydrogen-bond donors (Lipinski definition) is 1. The van der Waals surface area contributed by atoms with Crippen molar-refractivity contribution in [2.75, 3.05) is 5.32 Å². The standard InChI is InChI=1S/C16H14Cl2N2O3S/c1-9-5-6-24-13(9)3-4-14(21)23-10(2)16(22)20-15-12(18)7-11(17)8-19-15/h3-8,10H,1-2H3,(H,19,20,22)/b4-3+/t10-/m0/s1. The number of aromatic nitrogens is 1. The van der Waals surface area contributed by atoms with E-state index in [1.54, 1.807) is 6.08 Å². The van der Waals surface area contributed by atoms with E-state index in [0.717, 1.165) is 10.4 Å². The van der Waals surface area contributed by atoms with Crippen molar-refractivity contribution in [3.05, 3.63) is 50.3 Å². The highest BCUT2D eigenvalue weighted by atomic mass is 35.5. The van der Waals surface area contributed by atoms with Crippen LogP contribution in [0.25, 0.3) is 6.08 Å². The quantitative estimate of drug-likeness (QED) is 0.614. The van der Waals surface area contributed by atoms with E-state index in [-0.39, 0.29) is 10.8 Å². The monoisotopic (exact) mass is 384 g/mol. The van der Waals surface area contributed by atoms with E-state index >= 15 is 0 Å². The minimum Gasteiger partial charge on any atom is -0.449 e. The van der Waals surface area contributed by atoms with Gasteiger partial charge in [0.15, 0.2) is 11.9 Å². The first-order valence-electron chi connectivity index (χ1n) is 6.91. The number of carbonyl (C=O) groups is 2. The fourth-order valence-corrected chi connectivity index (χ4v) is 2.94. The molecule has 24 heavy (non-hydrogen) atoms. The van der Waals surface area contributed by atoms with Gasteiger partial charge in [-0.3, -0.25) is 4.79 Å². The summed E-state index contributed by atoms with van der Waals surface area (Å²) in [7, 11) is 0. The summed E-state index contributed by atoms with van der Waals surface area (Å²) in [5.74, 6) is -1.000. The number of pyridine rings is 1. The van der Waals surface area contributed by atoms with Gasteiger partial charge in [-0.25, -0.2) is 9.78 Å². The topological polar surface area (TPSA) is 68.3 Å². The molecule has 0 aliphatic heterocycles. The second kappa shape index (κ2) is 8.28. The molecule has 0 saturated carbocycles. The van der Waals surface area contributed by atoms with Crippen molar-refractivity contribution in [1.82, 2.24) is 4.98 Å². The fourth-order valence-electron chi connectivity index (χ4n) is 1.69. The highest BCUT2D eigenvalue weighted by Crippen LogP contribution is 2.22. The van der Waals surface area contributed by atoms with Crippen molar-refractivity contribution in [1.29, 1.82) is 0 Å². The number of thiophene rings is 1. The number of carbonyl (C=O) groups excluding carboxylic acids is 2. The second-order valence-corrected chi connectivity index (χ2v) is 6.64. The molecular weight excluding hydrogens is 371 g/mol. The predicted octanol–water partition coefficient (Wildman–Crippen LogP) is 4.34. The van der Waals surface area contributed by atoms with Gasteiger partial charge in [0.1, 0.15) is 0 Å². The molecule has 0 spiro atoms. The zero-order valence-corrected chi connectivity index (χ0v) is 15.2. The summed E-state index contributed by atoms with van der Waals surface area (Å²) < 4.78 is 5.06. The lowest BCUT2D eigenvalue weighted by Crippen LogP contribution is -2.29. The molecule has 1 amide bonds. The molecule has 0 unspecified atom stereocenters. The number of hydrogen-bond acceptors (Lipinski definition) is 5. The van der Waals surface area contributed by atoms with E-state index in [4.69, 9.17) is 27.9 Å². The molecule has 5 nitrogen and oxygen atoms in total. The first kappa shape index (κ1) is 18.4. The lowest BCUT2D eigenvalue weighted by Gasteiger charge is -2.12. The number of aryl methyl sites for hydroxylation is 1. The largest absolute Gasteiger partial charge is 0.449 e. The lowest BCUT2D eigenvalue weighted by molar-refractivity contribution is -0.148. The van der Waals surface area contributed by atoms with Crippen LogP contribution in [0.5, 0.6) is 0 Å². The minimum atomic E-state index is -1.000. The normalized spacial score (nSPS) is 12.2. The number of amides is 1. The Labute approximate surface area is 153 Å². The Morgan fingerprint density at radius 2 is 2.17 bits per heavy atom. The number of halogens is 2. The third kappa shape index (κ3) is 5.06. The van der Waals surface area contributed by atoms with Gasteiger partial charge in [0.2, 0.25) is 0 Å². The van der Waals surface area contributed by atoms with E-state index < -0.39 is 18.0 Å². The van der Waals surface area contributed by atoms with Crippen LogP contribution >= 0.6 is 34.5 Å². The number of ether oxygens (including phenoxy) is 1. The first-order valence-corrected chi connectivity index (χ1v) is 8.55. The Hall–Kier alpha value is -1.89. The first-order chi connectivity index (χ1) is 11.4. The number of nitrogens with zero attached hydrogens (tertiary/aromatic N) is 1. The maximum atomic E-state index is 12.0. The van der Waals surface area contributed by atoms with Crippen LogP contribution in [0.2, 0.25) is 10.0 Å². The van der Waals surface area contributed by atoms with Gasteiger partial charge in [-0.05, 0) is 43.0 Å². The minimum absolute atomic E-state index is 0.152. The zero-order valence-electron chi connectivity index (χ0n) is 12.9. The third-order valence-electron chi connectivity index (χ3n) is 2.98. The highest BCUT2D eigenvalue weighted by molar-refractivity contribution is 7.11. The van der Waals surface area contributed by atoms with Crippen LogP contribution < -0.4 is 5.32 Å². The molecule has 2 heterocycles. The second-order valence-electron chi connectivity index (χ2n) is 4.85. The fraction of sp³-hybridized carbons (Fsp3) is 0.188. The smallest absolute Gasteiger partial charge is 0.331 e. The van der Waals surface area contributed by atoms with Crippen molar-refractivity contribution < 1.29 is 14.3 Å². The molecule has 0 radical (unpaired) electrons. The summed E-state index contributed by atoms with van der Waals surface area (Å²) in [5.41, 5.74) is 1.07. The van der Waals surface area contributed by atoms with Gasteiger partial charge in [0, 0.05) is 17.2 Å². The SMILES string of the molecule is Cc1ccsc1/C=C/C(=O)O[C@@H](C)C(=O)Nc1ncc(Cl)cc1Cl. The Morgan fingerprint density at radius 3 is 2.79 bits per heavy atom. The van der Waals surface area contributed by atoms with Crippen molar-refractivity contribution in [3.8, 4) is 0 Å². The average Bonchev–Trinajstić information content (AvgIpc) is 2.93. The molecule has 0 aromatic carbocycles. The van der Waals surface area contributed by atoms with Crippen LogP contribution in [0.1, 0.15) is 17.4 Å². The summed E-state index contributed by atoms with van der Waals surface area (Å²) in [6.07, 6.45) is 3.30. The molecule has 0 saturated heterocycles.